The molecule has 2 saturated heterocycles. The molecule has 5 heterocycles. The van der Waals surface area contributed by atoms with Crippen molar-refractivity contribution in [2.75, 3.05) is 25.0 Å². The fourth-order valence-electron chi connectivity index (χ4n) is 7.60. The molecule has 1 aliphatic carbocycles. The van der Waals surface area contributed by atoms with Crippen LogP contribution in [-0.4, -0.2) is 74.0 Å². The first kappa shape index (κ1) is 30.4. The average Bonchev–Trinajstić information content (AvgIpc) is 3.66. The number of benzene rings is 2. The van der Waals surface area contributed by atoms with E-state index < -0.39 is 23.8 Å². The Bertz CT molecular complexity index is 1930. The summed E-state index contributed by atoms with van der Waals surface area (Å²) in [5.41, 5.74) is 6.35. The van der Waals surface area contributed by atoms with Crippen LogP contribution in [0.25, 0.3) is 22.3 Å². The van der Waals surface area contributed by atoms with Crippen LogP contribution in [-0.2, 0) is 9.59 Å². The van der Waals surface area contributed by atoms with Gasteiger partial charge in [-0.1, -0.05) is 6.07 Å². The predicted octanol–water partition coefficient (Wildman–Crippen LogP) is 4.20. The zero-order valence-corrected chi connectivity index (χ0v) is 26.7. The molecule has 1 atom stereocenters. The van der Waals surface area contributed by atoms with Gasteiger partial charge in [0.2, 0.25) is 11.8 Å². The topological polar surface area (TPSA) is 151 Å². The van der Waals surface area contributed by atoms with Gasteiger partial charge in [-0.3, -0.25) is 39.1 Å². The van der Waals surface area contributed by atoms with E-state index in [9.17, 15) is 19.2 Å². The van der Waals surface area contributed by atoms with E-state index in [-0.39, 0.29) is 29.9 Å². The lowest BCUT2D eigenvalue weighted by molar-refractivity contribution is -0.136. The summed E-state index contributed by atoms with van der Waals surface area (Å²) in [5, 5.41) is 13.7. The molecule has 4 aliphatic rings. The van der Waals surface area contributed by atoms with Crippen molar-refractivity contribution in [1.29, 1.82) is 0 Å². The Morgan fingerprint density at radius 3 is 2.56 bits per heavy atom. The van der Waals surface area contributed by atoms with Crippen molar-refractivity contribution in [3.05, 3.63) is 71.7 Å². The first-order valence-electron chi connectivity index (χ1n) is 17.0. The zero-order chi connectivity index (χ0) is 32.8. The molecule has 4 amide bonds. The van der Waals surface area contributed by atoms with Gasteiger partial charge in [-0.05, 0) is 106 Å². The number of nitrogens with one attached hydrogen (secondary N) is 3. The Kier molecular flexibility index (Phi) is 7.95. The standard InChI is InChI=1S/C36H38N8O4/c45-33-8-7-32(34(46)42-33)44-35(47)27-5-4-25(17-28(27)36(44)48)38-11-1-2-21-14-26(15-21)43-20-24(18-40-43)31-19-39-30-16-23(3-6-29(30)41-31)22-9-12-37-13-10-22/h3-6,16-22,26,32,37-38H,1-2,7-15H2,(H,42,45,46)/t21-,26+,32?. The van der Waals surface area contributed by atoms with Gasteiger partial charge < -0.3 is 10.6 Å². The molecule has 0 bridgehead atoms. The molecule has 3 fully saturated rings. The Labute approximate surface area is 277 Å². The van der Waals surface area contributed by atoms with Crippen LogP contribution in [0.4, 0.5) is 5.69 Å². The van der Waals surface area contributed by atoms with E-state index in [0.717, 1.165) is 91.0 Å². The van der Waals surface area contributed by atoms with Crippen LogP contribution in [0.5, 0.6) is 0 Å². The molecule has 8 rings (SSSR count). The molecule has 2 aromatic carbocycles. The molecule has 0 spiro atoms. The number of aromatic nitrogens is 4. The second-order valence-electron chi connectivity index (χ2n) is 13.5. The maximum Gasteiger partial charge on any atom is 0.262 e. The summed E-state index contributed by atoms with van der Waals surface area (Å²) >= 11 is 0. The van der Waals surface area contributed by atoms with Crippen LogP contribution in [0.1, 0.15) is 89.6 Å². The summed E-state index contributed by atoms with van der Waals surface area (Å²) in [6.45, 7) is 2.88. The van der Waals surface area contributed by atoms with Crippen LogP contribution < -0.4 is 16.0 Å². The van der Waals surface area contributed by atoms with E-state index in [4.69, 9.17) is 9.97 Å². The van der Waals surface area contributed by atoms with Gasteiger partial charge in [0.15, 0.2) is 0 Å². The third-order valence-corrected chi connectivity index (χ3v) is 10.4. The molecule has 3 aliphatic heterocycles. The smallest absolute Gasteiger partial charge is 0.262 e. The minimum Gasteiger partial charge on any atom is -0.385 e. The average molecular weight is 647 g/mol. The van der Waals surface area contributed by atoms with Crippen molar-refractivity contribution in [3.63, 3.8) is 0 Å². The molecule has 1 unspecified atom stereocenters. The Morgan fingerprint density at radius 2 is 1.73 bits per heavy atom. The monoisotopic (exact) mass is 646 g/mol. The molecular formula is C36H38N8O4. The van der Waals surface area contributed by atoms with Crippen LogP contribution in [0.2, 0.25) is 0 Å². The summed E-state index contributed by atoms with van der Waals surface area (Å²) in [6.07, 6.45) is 12.6. The van der Waals surface area contributed by atoms with E-state index in [1.165, 1.54) is 5.56 Å². The highest BCUT2D eigenvalue weighted by atomic mass is 16.2. The fraction of sp³-hybridized carbons (Fsp3) is 0.417. The molecule has 0 radical (unpaired) electrons. The minimum atomic E-state index is -0.962. The quantitative estimate of drug-likeness (QED) is 0.180. The number of hydrogen-bond donors (Lipinski definition) is 3. The third-order valence-electron chi connectivity index (χ3n) is 10.4. The van der Waals surface area contributed by atoms with Gasteiger partial charge in [-0.2, -0.15) is 5.10 Å². The number of imide groups is 2. The number of fused-ring (bicyclic) bond motifs is 2. The molecule has 3 N–H and O–H groups in total. The first-order valence-corrected chi connectivity index (χ1v) is 17.0. The number of nitrogens with zero attached hydrogens (tertiary/aromatic N) is 5. The second kappa shape index (κ2) is 12.6. The molecule has 246 valence electrons. The normalized spacial score (nSPS) is 22.9. The summed E-state index contributed by atoms with van der Waals surface area (Å²) in [7, 11) is 0. The Hall–Kier alpha value is -4.97. The van der Waals surface area contributed by atoms with Crippen LogP contribution in [0, 0.1) is 5.92 Å². The Morgan fingerprint density at radius 1 is 0.896 bits per heavy atom. The second-order valence-corrected chi connectivity index (χ2v) is 13.5. The molecular weight excluding hydrogens is 608 g/mol. The first-order chi connectivity index (χ1) is 23.4. The van der Waals surface area contributed by atoms with E-state index in [1.807, 2.05) is 12.4 Å². The highest BCUT2D eigenvalue weighted by Crippen LogP contribution is 2.40. The van der Waals surface area contributed by atoms with Gasteiger partial charge in [0, 0.05) is 30.4 Å². The van der Waals surface area contributed by atoms with Crippen molar-refractivity contribution < 1.29 is 19.2 Å². The summed E-state index contributed by atoms with van der Waals surface area (Å²) in [5.74, 6) is -0.771. The van der Waals surface area contributed by atoms with E-state index in [0.29, 0.717) is 17.9 Å². The fourth-order valence-corrected chi connectivity index (χ4v) is 7.60. The van der Waals surface area contributed by atoms with E-state index in [1.54, 1.807) is 18.2 Å². The van der Waals surface area contributed by atoms with Gasteiger partial charge in [-0.15, -0.1) is 0 Å². The molecule has 2 aromatic heterocycles. The number of hydrogen-bond acceptors (Lipinski definition) is 9. The Balaban J connectivity index is 0.809. The SMILES string of the molecule is O=C1CCC(N2C(=O)c3ccc(NCCC[C@H]4C[C@@H](n5cc(-c6cnc7cc(C8CCNCC8)ccc7n6)cn5)C4)cc3C2=O)C(=O)N1. The van der Waals surface area contributed by atoms with Crippen LogP contribution >= 0.6 is 0 Å². The lowest BCUT2D eigenvalue weighted by Crippen LogP contribution is -2.54. The van der Waals surface area contributed by atoms with Crippen molar-refractivity contribution in [1.82, 2.24) is 35.3 Å². The van der Waals surface area contributed by atoms with E-state index >= 15 is 0 Å². The summed E-state index contributed by atoms with van der Waals surface area (Å²) in [6, 6.07) is 11.0. The molecule has 1 saturated carbocycles. The molecule has 4 aromatic rings. The van der Waals surface area contributed by atoms with Gasteiger partial charge in [0.1, 0.15) is 6.04 Å². The molecule has 12 heteroatoms. The van der Waals surface area contributed by atoms with Crippen molar-refractivity contribution >= 4 is 40.3 Å². The molecule has 48 heavy (non-hydrogen) atoms. The number of piperidine rings is 2. The van der Waals surface area contributed by atoms with Crippen LogP contribution in [0.3, 0.4) is 0 Å². The number of rotatable bonds is 9. The summed E-state index contributed by atoms with van der Waals surface area (Å²) in [4.78, 5) is 60.5. The lowest BCUT2D eigenvalue weighted by atomic mass is 9.77. The maximum atomic E-state index is 13.1. The maximum absolute atomic E-state index is 13.1. The van der Waals surface area contributed by atoms with Gasteiger partial charge >= 0.3 is 0 Å². The highest BCUT2D eigenvalue weighted by molar-refractivity contribution is 6.23. The van der Waals surface area contributed by atoms with Crippen molar-refractivity contribution in [2.24, 2.45) is 5.92 Å². The lowest BCUT2D eigenvalue weighted by Gasteiger charge is -2.35. The van der Waals surface area contributed by atoms with E-state index in [2.05, 4.69) is 50.1 Å². The van der Waals surface area contributed by atoms with Crippen molar-refractivity contribution in [2.45, 2.75) is 69.4 Å². The zero-order valence-electron chi connectivity index (χ0n) is 26.7. The minimum absolute atomic E-state index is 0.0986. The van der Waals surface area contributed by atoms with Crippen molar-refractivity contribution in [3.8, 4) is 11.3 Å². The van der Waals surface area contributed by atoms with Crippen LogP contribution in [0.15, 0.2) is 55.0 Å². The van der Waals surface area contributed by atoms with Gasteiger partial charge in [0.25, 0.3) is 11.8 Å². The summed E-state index contributed by atoms with van der Waals surface area (Å²) < 4.78 is 2.07. The highest BCUT2D eigenvalue weighted by Gasteiger charge is 2.44. The predicted molar refractivity (Wildman–Crippen MR) is 178 cm³/mol. The van der Waals surface area contributed by atoms with Gasteiger partial charge in [-0.25, -0.2) is 4.98 Å². The number of carbonyl (C=O) groups is 4. The number of carbonyl (C=O) groups excluding carboxylic acids is 4. The molecule has 12 nitrogen and oxygen atoms in total. The largest absolute Gasteiger partial charge is 0.385 e. The van der Waals surface area contributed by atoms with Gasteiger partial charge in [0.05, 0.1) is 46.3 Å². The number of amides is 4. The number of anilines is 1. The third kappa shape index (κ3) is 5.74.